The molecule has 4 aromatic rings. The van der Waals surface area contributed by atoms with Crippen LogP contribution in [0.25, 0.3) is 22.0 Å². The number of halogens is 2. The Morgan fingerprint density at radius 2 is 1.82 bits per heavy atom. The van der Waals surface area contributed by atoms with Crippen molar-refractivity contribution in [2.24, 2.45) is 0 Å². The molecule has 2 heterocycles. The van der Waals surface area contributed by atoms with Crippen LogP contribution in [0.1, 0.15) is 29.8 Å². The fourth-order valence-electron chi connectivity index (χ4n) is 3.67. The van der Waals surface area contributed by atoms with Crippen molar-refractivity contribution in [2.75, 3.05) is 18.6 Å². The molecule has 0 unspecified atom stereocenters. The van der Waals surface area contributed by atoms with E-state index in [0.717, 1.165) is 22.0 Å². The highest BCUT2D eigenvalue weighted by molar-refractivity contribution is 7.69. The van der Waals surface area contributed by atoms with Gasteiger partial charge in [-0.1, -0.05) is 17.7 Å². The topological polar surface area (TPSA) is 91.6 Å². The second-order valence-corrected chi connectivity index (χ2v) is 11.9. The number of nitrogens with one attached hydrogen (secondary N) is 1. The Labute approximate surface area is 202 Å². The summed E-state index contributed by atoms with van der Waals surface area (Å²) < 4.78 is 26.8. The number of anilines is 1. The maximum Gasteiger partial charge on any atom is 0.188 e. The summed E-state index contributed by atoms with van der Waals surface area (Å²) in [6, 6.07) is 11.5. The lowest BCUT2D eigenvalue weighted by Gasteiger charge is -2.20. The minimum Gasteiger partial charge on any atom is -0.377 e. The van der Waals surface area contributed by atoms with E-state index in [4.69, 9.17) is 11.6 Å². The molecule has 9 heteroatoms. The first kappa shape index (κ1) is 23.8. The Hall–Kier alpha value is -3.33. The van der Waals surface area contributed by atoms with Gasteiger partial charge < -0.3 is 9.88 Å². The van der Waals surface area contributed by atoms with E-state index >= 15 is 0 Å². The van der Waals surface area contributed by atoms with Crippen molar-refractivity contribution in [1.82, 2.24) is 15.0 Å². The molecule has 34 heavy (non-hydrogen) atoms. The first-order valence-corrected chi connectivity index (χ1v) is 13.5. The van der Waals surface area contributed by atoms with Crippen LogP contribution in [0.5, 0.6) is 0 Å². The van der Waals surface area contributed by atoms with E-state index in [9.17, 15) is 14.2 Å². The third kappa shape index (κ3) is 4.65. The Morgan fingerprint density at radius 3 is 2.47 bits per heavy atom. The van der Waals surface area contributed by atoms with Crippen LogP contribution in [0.3, 0.4) is 0 Å². The van der Waals surface area contributed by atoms with Crippen LogP contribution >= 0.6 is 18.7 Å². The van der Waals surface area contributed by atoms with E-state index in [1.165, 1.54) is 18.2 Å². The normalized spacial score (nSPS) is 12.4. The fourth-order valence-corrected chi connectivity index (χ4v) is 4.54. The molecule has 6 nitrogen and oxygen atoms in total. The molecule has 1 atom stereocenters. The zero-order chi connectivity index (χ0) is 24.6. The molecule has 2 aromatic carbocycles. The van der Waals surface area contributed by atoms with Crippen molar-refractivity contribution in [3.63, 3.8) is 0 Å². The van der Waals surface area contributed by atoms with Gasteiger partial charge >= 0.3 is 0 Å². The van der Waals surface area contributed by atoms with E-state index in [1.807, 2.05) is 38.1 Å². The van der Waals surface area contributed by atoms with Crippen LogP contribution in [0, 0.1) is 24.1 Å². The van der Waals surface area contributed by atoms with Crippen LogP contribution in [0.4, 0.5) is 10.1 Å². The van der Waals surface area contributed by atoms with Crippen LogP contribution in [0.2, 0.25) is 5.02 Å². The molecule has 0 radical (unpaired) electrons. The lowest BCUT2D eigenvalue weighted by Crippen LogP contribution is -2.12. The highest BCUT2D eigenvalue weighted by atomic mass is 35.5. The lowest BCUT2D eigenvalue weighted by atomic mass is 10.0. The van der Waals surface area contributed by atoms with Gasteiger partial charge in [-0.2, -0.15) is 5.26 Å². The summed E-state index contributed by atoms with van der Waals surface area (Å²) in [5.74, 6) is -0.410. The minimum atomic E-state index is -2.55. The molecule has 4 rings (SSSR count). The number of fused-ring (bicyclic) bond motifs is 1. The molecule has 172 valence electrons. The summed E-state index contributed by atoms with van der Waals surface area (Å²) >= 11 is 6.64. The first-order chi connectivity index (χ1) is 16.1. The van der Waals surface area contributed by atoms with E-state index < -0.39 is 19.0 Å². The number of nitriles is 1. The minimum absolute atomic E-state index is 0.329. The molecule has 0 fully saturated rings. The highest BCUT2D eigenvalue weighted by Crippen LogP contribution is 2.37. The van der Waals surface area contributed by atoms with E-state index in [-0.39, 0.29) is 0 Å². The number of rotatable bonds is 5. The molecule has 1 N–H and O–H groups in total. The number of benzene rings is 2. The number of hydrogen-bond donors (Lipinski definition) is 1. The molecular weight excluding hydrogens is 472 g/mol. The molecule has 0 saturated carbocycles. The van der Waals surface area contributed by atoms with Crippen LogP contribution in [0.15, 0.2) is 48.8 Å². The first-order valence-electron chi connectivity index (χ1n) is 10.5. The Morgan fingerprint density at radius 1 is 1.12 bits per heavy atom. The second-order valence-electron chi connectivity index (χ2n) is 8.45. The second kappa shape index (κ2) is 9.13. The van der Waals surface area contributed by atoms with Crippen LogP contribution in [-0.2, 0) is 4.57 Å². The molecule has 0 saturated heterocycles. The van der Waals surface area contributed by atoms with Gasteiger partial charge in [-0.3, -0.25) is 4.98 Å². The summed E-state index contributed by atoms with van der Waals surface area (Å²) in [5.41, 5.74) is 4.62. The lowest BCUT2D eigenvalue weighted by molar-refractivity contribution is 0.587. The summed E-state index contributed by atoms with van der Waals surface area (Å²) in [6.45, 7) is 6.87. The smallest absolute Gasteiger partial charge is 0.188 e. The zero-order valence-corrected chi connectivity index (χ0v) is 20.7. The predicted octanol–water partition coefficient (Wildman–Crippen LogP) is 6.09. The van der Waals surface area contributed by atoms with Crippen molar-refractivity contribution in [2.45, 2.75) is 19.9 Å². The van der Waals surface area contributed by atoms with E-state index in [1.54, 1.807) is 25.7 Å². The quantitative estimate of drug-likeness (QED) is 0.338. The average Bonchev–Trinajstić information content (AvgIpc) is 2.81. The molecular formula is C25H22ClFN5OP. The Balaban J connectivity index is 1.79. The maximum absolute atomic E-state index is 14.5. The summed E-state index contributed by atoms with van der Waals surface area (Å²) in [6.07, 6.45) is 3.29. The Kier molecular flexibility index (Phi) is 6.40. The highest BCUT2D eigenvalue weighted by Gasteiger charge is 2.18. The van der Waals surface area contributed by atoms with Gasteiger partial charge in [0, 0.05) is 28.9 Å². The van der Waals surface area contributed by atoms with Gasteiger partial charge in [-0.25, -0.2) is 14.4 Å². The summed E-state index contributed by atoms with van der Waals surface area (Å²) in [5, 5.41) is 13.7. The van der Waals surface area contributed by atoms with Gasteiger partial charge in [0.1, 0.15) is 13.0 Å². The maximum atomic E-state index is 14.5. The van der Waals surface area contributed by atoms with Crippen molar-refractivity contribution < 1.29 is 8.96 Å². The SMILES string of the molecule is Cc1nc2ccc(-c3cnc(P(C)(C)=O)nc3)cc2c(N[C@H](C)c2cc(C#N)ccc2F)c1Cl. The number of aromatic nitrogens is 3. The molecule has 0 aliphatic rings. The van der Waals surface area contributed by atoms with Crippen LogP contribution in [-0.4, -0.2) is 28.3 Å². The molecule has 0 aliphatic heterocycles. The predicted molar refractivity (Wildman–Crippen MR) is 135 cm³/mol. The van der Waals surface area contributed by atoms with E-state index in [2.05, 4.69) is 20.3 Å². The van der Waals surface area contributed by atoms with Crippen molar-refractivity contribution in [3.05, 3.63) is 76.5 Å². The van der Waals surface area contributed by atoms with Crippen molar-refractivity contribution >= 4 is 40.9 Å². The average molecular weight is 494 g/mol. The van der Waals surface area contributed by atoms with Gasteiger partial charge in [0.15, 0.2) is 5.57 Å². The number of nitrogens with zero attached hydrogens (tertiary/aromatic N) is 4. The standard InChI is InChI=1S/C25H22ClFN5OP/c1-14(19-9-16(11-28)5-7-21(19)27)32-24-20-10-17(6-8-22(20)31-15(2)23(24)26)18-12-29-25(30-13-18)34(3,4)33/h5-10,12-14H,1-4H3,(H,31,32)/t14-/m1/s1. The molecule has 0 bridgehead atoms. The fraction of sp³-hybridized carbons (Fsp3) is 0.200. The zero-order valence-electron chi connectivity index (χ0n) is 19.1. The molecule has 0 spiro atoms. The van der Waals surface area contributed by atoms with Crippen molar-refractivity contribution in [1.29, 1.82) is 5.26 Å². The molecule has 2 aromatic heterocycles. The number of pyridine rings is 1. The summed E-state index contributed by atoms with van der Waals surface area (Å²) in [7, 11) is -2.55. The summed E-state index contributed by atoms with van der Waals surface area (Å²) in [4.78, 5) is 13.1. The number of aryl methyl sites for hydroxylation is 1. The van der Waals surface area contributed by atoms with Gasteiger partial charge in [-0.15, -0.1) is 0 Å². The largest absolute Gasteiger partial charge is 0.377 e. The van der Waals surface area contributed by atoms with Crippen LogP contribution < -0.4 is 10.9 Å². The molecule has 0 amide bonds. The van der Waals surface area contributed by atoms with Gasteiger partial charge in [0.05, 0.1) is 39.6 Å². The third-order valence-corrected chi connectivity index (χ3v) is 7.15. The Bertz CT molecular complexity index is 1490. The van der Waals surface area contributed by atoms with Gasteiger partial charge in [0.25, 0.3) is 0 Å². The number of hydrogen-bond acceptors (Lipinski definition) is 6. The van der Waals surface area contributed by atoms with Gasteiger partial charge in [-0.05, 0) is 63.1 Å². The van der Waals surface area contributed by atoms with E-state index in [0.29, 0.717) is 33.1 Å². The monoisotopic (exact) mass is 493 g/mol. The van der Waals surface area contributed by atoms with Crippen molar-refractivity contribution in [3.8, 4) is 17.2 Å². The molecule has 0 aliphatic carbocycles. The van der Waals surface area contributed by atoms with Gasteiger partial charge in [0.2, 0.25) is 0 Å². The third-order valence-electron chi connectivity index (χ3n) is 5.50.